The van der Waals surface area contributed by atoms with Gasteiger partial charge in [-0.05, 0) is 17.7 Å². The number of hydrogen-bond donors (Lipinski definition) is 1. The van der Waals surface area contributed by atoms with E-state index in [0.29, 0.717) is 11.1 Å². The van der Waals surface area contributed by atoms with Crippen LogP contribution in [0.5, 0.6) is 0 Å². The summed E-state index contributed by atoms with van der Waals surface area (Å²) in [6.07, 6.45) is 0. The number of rotatable bonds is 2. The van der Waals surface area contributed by atoms with Crippen molar-refractivity contribution in [2.24, 2.45) is 7.05 Å². The number of H-pyrrole nitrogens is 1. The number of benzene rings is 1. The average Bonchev–Trinajstić information content (AvgIpc) is 2.40. The highest BCUT2D eigenvalue weighted by Gasteiger charge is 2.09. The normalized spacial score (nSPS) is 12.1. The number of aromatic amines is 1. The van der Waals surface area contributed by atoms with Gasteiger partial charge in [0.15, 0.2) is 0 Å². The van der Waals surface area contributed by atoms with E-state index >= 15 is 0 Å². The summed E-state index contributed by atoms with van der Waals surface area (Å²) in [5, 5.41) is 0. The van der Waals surface area contributed by atoms with Crippen molar-refractivity contribution in [3.8, 4) is 0 Å². The van der Waals surface area contributed by atoms with Crippen LogP contribution in [0.15, 0.2) is 23.0 Å². The summed E-state index contributed by atoms with van der Waals surface area (Å²) in [4.78, 5) is 13.9. The molecule has 2 rings (SSSR count). The lowest BCUT2D eigenvalue weighted by molar-refractivity contribution is 0.609. The summed E-state index contributed by atoms with van der Waals surface area (Å²) in [5.74, 6) is -0.249. The van der Waals surface area contributed by atoms with Gasteiger partial charge in [-0.15, -0.1) is 0 Å². The Kier molecular flexibility index (Phi) is 2.55. The highest BCUT2D eigenvalue weighted by atomic mass is 35.7. The number of halogens is 1. The van der Waals surface area contributed by atoms with Crippen molar-refractivity contribution in [1.29, 1.82) is 0 Å². The molecule has 0 amide bonds. The maximum Gasteiger partial charge on any atom is 0.326 e. The van der Waals surface area contributed by atoms with Gasteiger partial charge >= 0.3 is 5.69 Å². The largest absolute Gasteiger partial charge is 0.326 e. The van der Waals surface area contributed by atoms with Crippen LogP contribution in [0.4, 0.5) is 0 Å². The molecule has 0 aliphatic rings. The third-order valence-electron chi connectivity index (χ3n) is 2.31. The van der Waals surface area contributed by atoms with Gasteiger partial charge in [0.05, 0.1) is 16.8 Å². The van der Waals surface area contributed by atoms with Gasteiger partial charge < -0.3 is 4.98 Å². The predicted molar refractivity (Wildman–Crippen MR) is 62.0 cm³/mol. The summed E-state index contributed by atoms with van der Waals surface area (Å²) in [6, 6.07) is 4.93. The lowest BCUT2D eigenvalue weighted by atomic mass is 10.2. The van der Waals surface area contributed by atoms with Crippen LogP contribution in [0.1, 0.15) is 5.56 Å². The monoisotopic (exact) mass is 260 g/mol. The quantitative estimate of drug-likeness (QED) is 0.817. The van der Waals surface area contributed by atoms with E-state index in [2.05, 4.69) is 4.98 Å². The molecule has 1 heterocycles. The number of imidazole rings is 1. The Morgan fingerprint density at radius 2 is 2.12 bits per heavy atom. The fourth-order valence-electron chi connectivity index (χ4n) is 1.57. The van der Waals surface area contributed by atoms with E-state index in [1.165, 1.54) is 4.57 Å². The SMILES string of the molecule is Cn1c(=O)[nH]c2cc(CS(=O)(=O)Cl)ccc21. The van der Waals surface area contributed by atoms with Crippen LogP contribution in [0.25, 0.3) is 11.0 Å². The van der Waals surface area contributed by atoms with Gasteiger partial charge in [-0.3, -0.25) is 4.57 Å². The lowest BCUT2D eigenvalue weighted by Crippen LogP contribution is -2.11. The van der Waals surface area contributed by atoms with Crippen LogP contribution in [0, 0.1) is 0 Å². The van der Waals surface area contributed by atoms with Crippen LogP contribution in [0.2, 0.25) is 0 Å². The molecule has 5 nitrogen and oxygen atoms in total. The zero-order valence-electron chi connectivity index (χ0n) is 8.40. The zero-order chi connectivity index (χ0) is 11.9. The first kappa shape index (κ1) is 11.2. The standard InChI is InChI=1S/C9H9ClN2O3S/c1-12-8-3-2-6(5-16(10,14)15)4-7(8)11-9(12)13/h2-4H,5H2,1H3,(H,11,13). The molecule has 0 bridgehead atoms. The molecule has 1 N–H and O–H groups in total. The summed E-state index contributed by atoms with van der Waals surface area (Å²) in [5.41, 5.74) is 1.64. The van der Waals surface area contributed by atoms with Crippen molar-refractivity contribution in [2.75, 3.05) is 0 Å². The minimum absolute atomic E-state index is 0.235. The minimum Gasteiger partial charge on any atom is -0.306 e. The van der Waals surface area contributed by atoms with E-state index in [4.69, 9.17) is 10.7 Å². The van der Waals surface area contributed by atoms with Gasteiger partial charge in [0, 0.05) is 17.7 Å². The molecule has 0 saturated carbocycles. The van der Waals surface area contributed by atoms with E-state index < -0.39 is 9.05 Å². The number of hydrogen-bond acceptors (Lipinski definition) is 3. The molecule has 1 aromatic heterocycles. The second kappa shape index (κ2) is 3.64. The molecular formula is C9H9ClN2O3S. The first-order valence-corrected chi connectivity index (χ1v) is 6.94. The van der Waals surface area contributed by atoms with Gasteiger partial charge in [-0.2, -0.15) is 0 Å². The Hall–Kier alpha value is -1.27. The number of fused-ring (bicyclic) bond motifs is 1. The van der Waals surface area contributed by atoms with Crippen LogP contribution < -0.4 is 5.69 Å². The van der Waals surface area contributed by atoms with E-state index in [1.54, 1.807) is 25.2 Å². The third kappa shape index (κ3) is 2.12. The Labute approximate surface area is 96.1 Å². The minimum atomic E-state index is -3.58. The summed E-state index contributed by atoms with van der Waals surface area (Å²) >= 11 is 0. The van der Waals surface area contributed by atoms with Gasteiger partial charge in [-0.1, -0.05) is 6.07 Å². The Bertz CT molecular complexity index is 699. The molecule has 7 heteroatoms. The van der Waals surface area contributed by atoms with E-state index in [0.717, 1.165) is 5.52 Å². The van der Waals surface area contributed by atoms with Gasteiger partial charge in [0.2, 0.25) is 9.05 Å². The van der Waals surface area contributed by atoms with E-state index in [1.807, 2.05) is 0 Å². The second-order valence-electron chi connectivity index (χ2n) is 3.52. The summed E-state index contributed by atoms with van der Waals surface area (Å²) in [6.45, 7) is 0. The molecule has 86 valence electrons. The van der Waals surface area contributed by atoms with Crippen LogP contribution in [0.3, 0.4) is 0 Å². The third-order valence-corrected chi connectivity index (χ3v) is 3.31. The number of aromatic nitrogens is 2. The Morgan fingerprint density at radius 1 is 1.44 bits per heavy atom. The molecule has 0 unspecified atom stereocenters. The van der Waals surface area contributed by atoms with Gasteiger partial charge in [0.25, 0.3) is 0 Å². The molecular weight excluding hydrogens is 252 g/mol. The smallest absolute Gasteiger partial charge is 0.306 e. The van der Waals surface area contributed by atoms with Crippen LogP contribution >= 0.6 is 10.7 Å². The average molecular weight is 261 g/mol. The van der Waals surface area contributed by atoms with Crippen molar-refractivity contribution < 1.29 is 8.42 Å². The highest BCUT2D eigenvalue weighted by molar-refractivity contribution is 8.13. The lowest BCUT2D eigenvalue weighted by Gasteiger charge is -1.98. The second-order valence-corrected chi connectivity index (χ2v) is 6.30. The van der Waals surface area contributed by atoms with Crippen molar-refractivity contribution in [1.82, 2.24) is 9.55 Å². The van der Waals surface area contributed by atoms with Crippen molar-refractivity contribution in [2.45, 2.75) is 5.75 Å². The highest BCUT2D eigenvalue weighted by Crippen LogP contribution is 2.15. The first-order valence-electron chi connectivity index (χ1n) is 4.47. The summed E-state index contributed by atoms with van der Waals surface area (Å²) < 4.78 is 23.2. The number of aryl methyl sites for hydroxylation is 1. The molecule has 0 radical (unpaired) electrons. The van der Waals surface area contributed by atoms with Crippen LogP contribution in [-0.2, 0) is 21.9 Å². The zero-order valence-corrected chi connectivity index (χ0v) is 9.97. The molecule has 0 spiro atoms. The maximum atomic E-state index is 11.3. The molecule has 0 saturated heterocycles. The molecule has 16 heavy (non-hydrogen) atoms. The Balaban J connectivity index is 2.57. The van der Waals surface area contributed by atoms with Crippen molar-refractivity contribution in [3.05, 3.63) is 34.2 Å². The van der Waals surface area contributed by atoms with Crippen molar-refractivity contribution in [3.63, 3.8) is 0 Å². The number of nitrogens with zero attached hydrogens (tertiary/aromatic N) is 1. The topological polar surface area (TPSA) is 71.9 Å². The fraction of sp³-hybridized carbons (Fsp3) is 0.222. The fourth-order valence-corrected chi connectivity index (χ4v) is 2.53. The van der Waals surface area contributed by atoms with Gasteiger partial charge in [0.1, 0.15) is 0 Å². The molecule has 0 aliphatic heterocycles. The molecule has 2 aromatic rings. The summed E-state index contributed by atoms with van der Waals surface area (Å²) in [7, 11) is 3.21. The molecule has 0 atom stereocenters. The van der Waals surface area contributed by atoms with E-state index in [-0.39, 0.29) is 11.4 Å². The molecule has 0 fully saturated rings. The first-order chi connectivity index (χ1) is 7.37. The van der Waals surface area contributed by atoms with Crippen molar-refractivity contribution >= 4 is 30.8 Å². The molecule has 0 aliphatic carbocycles. The Morgan fingerprint density at radius 3 is 2.75 bits per heavy atom. The van der Waals surface area contributed by atoms with Gasteiger partial charge in [-0.25, -0.2) is 13.2 Å². The number of nitrogens with one attached hydrogen (secondary N) is 1. The van der Waals surface area contributed by atoms with E-state index in [9.17, 15) is 13.2 Å². The van der Waals surface area contributed by atoms with Crippen LogP contribution in [-0.4, -0.2) is 18.0 Å². The predicted octanol–water partition coefficient (Wildman–Crippen LogP) is 0.935. The molecule has 1 aromatic carbocycles. The maximum absolute atomic E-state index is 11.3.